The molecule has 3 fully saturated rings. The third kappa shape index (κ3) is 6.63. The van der Waals surface area contributed by atoms with Gasteiger partial charge in [0.2, 0.25) is 17.7 Å². The number of alkyl halides is 1. The van der Waals surface area contributed by atoms with E-state index in [0.29, 0.717) is 34.3 Å². The number of aromatic nitrogens is 1. The number of nitrogens with zero attached hydrogens (tertiary/aromatic N) is 3. The van der Waals surface area contributed by atoms with E-state index in [4.69, 9.17) is 0 Å². The third-order valence-electron chi connectivity index (χ3n) is 9.09. The van der Waals surface area contributed by atoms with Gasteiger partial charge in [0.15, 0.2) is 0 Å². The van der Waals surface area contributed by atoms with Gasteiger partial charge in [-0.05, 0) is 79.8 Å². The highest BCUT2D eigenvalue weighted by molar-refractivity contribution is 7.51. The number of hydrogen-bond acceptors (Lipinski definition) is 7. The molecule has 2 aromatic heterocycles. The first-order valence-corrected chi connectivity index (χ1v) is 17.8. The van der Waals surface area contributed by atoms with Gasteiger partial charge in [-0.15, -0.1) is 11.3 Å². The summed E-state index contributed by atoms with van der Waals surface area (Å²) in [6.45, 7) is 3.45. The molecule has 0 bridgehead atoms. The molecule has 3 aliphatic heterocycles. The molecular weight excluding hydrogens is 620 g/mol. The molecule has 3 saturated heterocycles. The zero-order valence-corrected chi connectivity index (χ0v) is 26.6. The monoisotopic (exact) mass is 657 g/mol. The molecule has 3 amide bonds. The Balaban J connectivity index is 1.13. The molecule has 0 saturated carbocycles. The number of carbonyl (C=O) groups excluding carboxylic acids is 3. The Kier molecular flexibility index (Phi) is 8.98. The Hall–Kier alpha value is -3.38. The predicted octanol–water partition coefficient (Wildman–Crippen LogP) is 4.18. The number of fused-ring (bicyclic) bond motifs is 2. The van der Waals surface area contributed by atoms with Crippen molar-refractivity contribution in [1.29, 1.82) is 0 Å². The highest BCUT2D eigenvalue weighted by atomic mass is 32.1. The second-order valence-electron chi connectivity index (χ2n) is 12.2. The van der Waals surface area contributed by atoms with Crippen LogP contribution in [-0.2, 0) is 14.2 Å². The zero-order chi connectivity index (χ0) is 31.9. The van der Waals surface area contributed by atoms with Crippen LogP contribution < -0.4 is 15.5 Å². The fourth-order valence-electron chi connectivity index (χ4n) is 6.84. The number of amides is 3. The lowest BCUT2D eigenvalue weighted by Crippen LogP contribution is -2.57. The van der Waals surface area contributed by atoms with Crippen molar-refractivity contribution in [2.24, 2.45) is 0 Å². The second kappa shape index (κ2) is 12.8. The van der Waals surface area contributed by atoms with Crippen LogP contribution in [0, 0.1) is 6.92 Å². The van der Waals surface area contributed by atoms with Crippen molar-refractivity contribution in [2.75, 3.05) is 18.0 Å². The number of hydrogen-bond donors (Lipinski definition) is 4. The Bertz CT molecular complexity index is 1660. The van der Waals surface area contributed by atoms with Gasteiger partial charge in [-0.1, -0.05) is 25.0 Å². The van der Waals surface area contributed by atoms with Crippen molar-refractivity contribution in [3.05, 3.63) is 58.6 Å². The molecule has 6 rings (SSSR count). The summed E-state index contributed by atoms with van der Waals surface area (Å²) < 4.78 is 26.3. The van der Waals surface area contributed by atoms with Crippen molar-refractivity contribution < 1.29 is 33.1 Å². The van der Waals surface area contributed by atoms with Crippen LogP contribution >= 0.6 is 18.9 Å². The van der Waals surface area contributed by atoms with Gasteiger partial charge in [-0.25, -0.2) is 9.37 Å². The smallest absolute Gasteiger partial charge is 0.354 e. The van der Waals surface area contributed by atoms with Crippen LogP contribution in [-0.4, -0.2) is 74.6 Å². The molecule has 45 heavy (non-hydrogen) atoms. The summed E-state index contributed by atoms with van der Waals surface area (Å²) in [6.07, 6.45) is 6.76. The Morgan fingerprint density at radius 1 is 1.09 bits per heavy atom. The molecule has 5 atom stereocenters. The summed E-state index contributed by atoms with van der Waals surface area (Å²) in [5.41, 5.74) is 0.911. The van der Waals surface area contributed by atoms with E-state index in [1.165, 1.54) is 24.3 Å². The quantitative estimate of drug-likeness (QED) is 0.276. The highest BCUT2D eigenvalue weighted by Gasteiger charge is 2.44. The average Bonchev–Trinajstić information content (AvgIpc) is 3.75. The number of nitrogens with one attached hydrogen (secondary N) is 2. The largest absolute Gasteiger partial charge is 0.363 e. The topological polar surface area (TPSA) is 152 Å². The molecule has 3 aliphatic rings. The van der Waals surface area contributed by atoms with Crippen molar-refractivity contribution in [1.82, 2.24) is 20.5 Å². The van der Waals surface area contributed by atoms with Crippen LogP contribution in [0.3, 0.4) is 0 Å². The van der Waals surface area contributed by atoms with Gasteiger partial charge in [0.1, 0.15) is 17.9 Å². The van der Waals surface area contributed by atoms with Gasteiger partial charge in [0.25, 0.3) is 5.91 Å². The summed E-state index contributed by atoms with van der Waals surface area (Å²) in [4.78, 5) is 68.0. The predicted molar refractivity (Wildman–Crippen MR) is 169 cm³/mol. The van der Waals surface area contributed by atoms with Gasteiger partial charge >= 0.3 is 7.60 Å². The van der Waals surface area contributed by atoms with Gasteiger partial charge < -0.3 is 30.2 Å². The first-order chi connectivity index (χ1) is 21.5. The van der Waals surface area contributed by atoms with Crippen LogP contribution in [0.1, 0.15) is 71.7 Å². The molecule has 0 spiro atoms. The Morgan fingerprint density at radius 3 is 2.67 bits per heavy atom. The fourth-order valence-corrected chi connectivity index (χ4v) is 8.34. The fraction of sp³-hybridized carbons (Fsp3) is 0.484. The minimum Gasteiger partial charge on any atom is -0.354 e. The van der Waals surface area contributed by atoms with E-state index in [2.05, 4.69) is 20.5 Å². The molecule has 1 aromatic carbocycles. The third-order valence-corrected chi connectivity index (χ3v) is 11.1. The highest BCUT2D eigenvalue weighted by Crippen LogP contribution is 2.53. The molecule has 0 aliphatic carbocycles. The molecule has 0 radical (unpaired) electrons. The van der Waals surface area contributed by atoms with Crippen LogP contribution in [0.25, 0.3) is 10.1 Å². The van der Waals surface area contributed by atoms with Crippen LogP contribution in [0.5, 0.6) is 0 Å². The van der Waals surface area contributed by atoms with E-state index in [1.807, 2.05) is 19.1 Å². The molecule has 5 heterocycles. The van der Waals surface area contributed by atoms with Gasteiger partial charge in [0, 0.05) is 36.1 Å². The lowest BCUT2D eigenvalue weighted by atomic mass is 9.99. The number of thiophene rings is 1. The van der Waals surface area contributed by atoms with Crippen LogP contribution in [0.2, 0.25) is 0 Å². The van der Waals surface area contributed by atoms with Crippen LogP contribution in [0.4, 0.5) is 10.2 Å². The zero-order valence-electron chi connectivity index (χ0n) is 24.9. The van der Waals surface area contributed by atoms with E-state index < -0.39 is 31.5 Å². The van der Waals surface area contributed by atoms with E-state index in [1.54, 1.807) is 11.1 Å². The SMILES string of the molecule is Cc1cccnc1N1CCC(NC(=O)[C@@H]2CC[C@@H]3CCCC[C@H](NC(=O)c4cc5cc(C(F)P(=O)(O)O)ccc5s4)C(=O)N32)C1. The molecule has 14 heteroatoms. The standard InChI is InChI=1S/C31H37FN5O6PS/c1-18-5-4-13-33-28(18)36-14-12-21(17-36)34-29(38)24-10-9-22-6-2-3-7-23(31(40)37(22)24)35-30(39)26-16-20-15-19(8-11-25(20)45-26)27(32)44(41,42)43/h4-5,8,11,13,15-16,21-24,27H,2-3,6-7,9-10,12,14,17H2,1H3,(H,34,38)(H,35,39)(H2,41,42,43)/t21?,22-,23-,24-,27?/m0/s1. The minimum absolute atomic E-state index is 0.0545. The van der Waals surface area contributed by atoms with Crippen molar-refractivity contribution >= 4 is 52.6 Å². The second-order valence-corrected chi connectivity index (χ2v) is 14.9. The summed E-state index contributed by atoms with van der Waals surface area (Å²) in [6, 6.07) is 8.08. The lowest BCUT2D eigenvalue weighted by molar-refractivity contribution is -0.142. The normalized spacial score (nSPS) is 24.7. The first kappa shape index (κ1) is 31.6. The molecule has 11 nitrogen and oxygen atoms in total. The van der Waals surface area contributed by atoms with Gasteiger partial charge in [-0.2, -0.15) is 0 Å². The lowest BCUT2D eigenvalue weighted by Gasteiger charge is -2.35. The molecular formula is C31H37FN5O6PS. The first-order valence-electron chi connectivity index (χ1n) is 15.3. The van der Waals surface area contributed by atoms with Crippen molar-refractivity contribution in [2.45, 2.75) is 81.9 Å². The van der Waals surface area contributed by atoms with Crippen molar-refractivity contribution in [3.63, 3.8) is 0 Å². The summed E-state index contributed by atoms with van der Waals surface area (Å²) >= 11 is 1.15. The van der Waals surface area contributed by atoms with E-state index >= 15 is 0 Å². The number of carbonyl (C=O) groups is 3. The maximum atomic E-state index is 14.3. The number of halogens is 1. The van der Waals surface area contributed by atoms with E-state index in [-0.39, 0.29) is 29.5 Å². The number of aryl methyl sites for hydroxylation is 1. The molecule has 2 unspecified atom stereocenters. The summed E-state index contributed by atoms with van der Waals surface area (Å²) in [5, 5.41) is 6.55. The molecule has 240 valence electrons. The molecule has 4 N–H and O–H groups in total. The van der Waals surface area contributed by atoms with E-state index in [0.717, 1.165) is 61.4 Å². The molecule has 3 aromatic rings. The number of rotatable bonds is 7. The van der Waals surface area contributed by atoms with Gasteiger partial charge in [-0.3, -0.25) is 18.9 Å². The minimum atomic E-state index is -4.97. The summed E-state index contributed by atoms with van der Waals surface area (Å²) in [5.74, 6) is -2.42. The maximum Gasteiger partial charge on any atom is 0.363 e. The number of benzene rings is 1. The Labute approximate surface area is 264 Å². The maximum absolute atomic E-state index is 14.3. The number of anilines is 1. The van der Waals surface area contributed by atoms with E-state index in [9.17, 15) is 33.1 Å². The Morgan fingerprint density at radius 2 is 1.89 bits per heavy atom. The average molecular weight is 658 g/mol. The van der Waals surface area contributed by atoms with Gasteiger partial charge in [0.05, 0.1) is 4.88 Å². The summed E-state index contributed by atoms with van der Waals surface area (Å²) in [7, 11) is -4.97. The number of pyridine rings is 1. The van der Waals surface area contributed by atoms with Crippen molar-refractivity contribution in [3.8, 4) is 0 Å². The van der Waals surface area contributed by atoms with Crippen LogP contribution in [0.15, 0.2) is 42.6 Å².